The normalized spacial score (nSPS) is 17.2. The van der Waals surface area contributed by atoms with E-state index in [0.717, 1.165) is 12.0 Å². The molecule has 1 saturated heterocycles. The molecule has 25 heavy (non-hydrogen) atoms. The number of carbonyl (C=O) groups excluding carboxylic acids is 1. The predicted octanol–water partition coefficient (Wildman–Crippen LogP) is 1.04. The van der Waals surface area contributed by atoms with Gasteiger partial charge in [-0.25, -0.2) is 4.68 Å². The second-order valence-electron chi connectivity index (χ2n) is 6.12. The van der Waals surface area contributed by atoms with Crippen molar-refractivity contribution < 1.29 is 9.32 Å². The van der Waals surface area contributed by atoms with Crippen LogP contribution in [-0.4, -0.2) is 54.2 Å². The third kappa shape index (κ3) is 3.25. The fourth-order valence-electron chi connectivity index (χ4n) is 3.00. The van der Waals surface area contributed by atoms with E-state index in [2.05, 4.69) is 25.7 Å². The molecule has 0 saturated carbocycles. The first-order valence-electron chi connectivity index (χ1n) is 8.08. The highest BCUT2D eigenvalue weighted by molar-refractivity contribution is 5.94. The zero-order valence-corrected chi connectivity index (χ0v) is 13.7. The number of rotatable bonds is 4. The molecule has 4 rings (SSSR count). The molecule has 9 heteroatoms. The van der Waals surface area contributed by atoms with Gasteiger partial charge < -0.3 is 9.42 Å². The maximum Gasteiger partial charge on any atom is 0.253 e. The van der Waals surface area contributed by atoms with E-state index in [1.165, 1.54) is 0 Å². The van der Waals surface area contributed by atoms with E-state index in [1.807, 2.05) is 29.2 Å². The number of amides is 1. The average Bonchev–Trinajstić information content (AvgIpc) is 3.36. The molecule has 1 fully saturated rings. The lowest BCUT2D eigenvalue weighted by atomic mass is 10.1. The lowest BCUT2D eigenvalue weighted by molar-refractivity contribution is 0.0789. The number of benzene rings is 1. The Morgan fingerprint density at radius 1 is 1.32 bits per heavy atom. The van der Waals surface area contributed by atoms with Crippen molar-refractivity contribution in [2.75, 3.05) is 13.1 Å². The second-order valence-corrected chi connectivity index (χ2v) is 6.12. The first-order chi connectivity index (χ1) is 12.2. The van der Waals surface area contributed by atoms with E-state index in [0.29, 0.717) is 36.9 Å². The van der Waals surface area contributed by atoms with Crippen LogP contribution in [0.15, 0.2) is 35.1 Å². The van der Waals surface area contributed by atoms with E-state index < -0.39 is 0 Å². The predicted molar refractivity (Wildman–Crippen MR) is 85.7 cm³/mol. The van der Waals surface area contributed by atoms with Gasteiger partial charge in [0, 0.05) is 18.7 Å². The molecule has 1 aliphatic rings. The lowest BCUT2D eigenvalue weighted by Gasteiger charge is -2.16. The first kappa shape index (κ1) is 15.4. The summed E-state index contributed by atoms with van der Waals surface area (Å²) in [5.74, 6) is 1.37. The van der Waals surface area contributed by atoms with Crippen molar-refractivity contribution in [1.82, 2.24) is 35.2 Å². The van der Waals surface area contributed by atoms with E-state index in [4.69, 9.17) is 4.52 Å². The number of aryl methyl sites for hydroxylation is 1. The molecule has 1 atom stereocenters. The summed E-state index contributed by atoms with van der Waals surface area (Å²) in [4.78, 5) is 18.8. The van der Waals surface area contributed by atoms with Crippen molar-refractivity contribution in [2.24, 2.45) is 0 Å². The molecular weight excluding hydrogens is 322 g/mol. The second kappa shape index (κ2) is 6.42. The van der Waals surface area contributed by atoms with Gasteiger partial charge in [-0.1, -0.05) is 17.3 Å². The van der Waals surface area contributed by atoms with Gasteiger partial charge in [0.25, 0.3) is 5.91 Å². The average molecular weight is 339 g/mol. The number of carbonyl (C=O) groups is 1. The van der Waals surface area contributed by atoms with E-state index in [1.54, 1.807) is 17.9 Å². The molecule has 3 heterocycles. The number of hydrogen-bond donors (Lipinski definition) is 0. The molecule has 0 aliphatic carbocycles. The molecule has 1 amide bonds. The Hall–Kier alpha value is -3.10. The minimum absolute atomic E-state index is 0.0210. The standard InChI is InChI=1S/C16H17N7O2/c1-11-18-15(25-19-11)14-6-7-22(9-14)16(24)13-4-2-12(3-5-13)8-23-10-17-20-21-23/h2-5,10,14H,6-9H2,1H3/t14-/m1/s1. The fraction of sp³-hybridized carbons (Fsp3) is 0.375. The summed E-state index contributed by atoms with van der Waals surface area (Å²) in [6, 6.07) is 7.52. The van der Waals surface area contributed by atoms with E-state index >= 15 is 0 Å². The van der Waals surface area contributed by atoms with Crippen LogP contribution in [0, 0.1) is 6.92 Å². The van der Waals surface area contributed by atoms with Crippen LogP contribution in [0.2, 0.25) is 0 Å². The van der Waals surface area contributed by atoms with Crippen LogP contribution >= 0.6 is 0 Å². The number of likely N-dealkylation sites (tertiary alicyclic amines) is 1. The Morgan fingerprint density at radius 3 is 2.84 bits per heavy atom. The van der Waals surface area contributed by atoms with Gasteiger partial charge in [-0.3, -0.25) is 4.79 Å². The SMILES string of the molecule is Cc1noc([C@@H]2CCN(C(=O)c3ccc(Cn4cnnn4)cc3)C2)n1. The number of hydrogen-bond acceptors (Lipinski definition) is 7. The zero-order chi connectivity index (χ0) is 17.2. The van der Waals surface area contributed by atoms with Crippen molar-refractivity contribution >= 4 is 5.91 Å². The first-order valence-corrected chi connectivity index (χ1v) is 8.08. The Bertz CT molecular complexity index is 857. The van der Waals surface area contributed by atoms with E-state index in [-0.39, 0.29) is 11.8 Å². The summed E-state index contributed by atoms with van der Waals surface area (Å²) in [5.41, 5.74) is 1.70. The van der Waals surface area contributed by atoms with Gasteiger partial charge in [-0.15, -0.1) is 5.10 Å². The smallest absolute Gasteiger partial charge is 0.253 e. The van der Waals surface area contributed by atoms with Gasteiger partial charge in [0.2, 0.25) is 5.89 Å². The molecule has 0 radical (unpaired) electrons. The minimum atomic E-state index is 0.0210. The van der Waals surface area contributed by atoms with Crippen molar-refractivity contribution in [2.45, 2.75) is 25.8 Å². The molecule has 2 aromatic heterocycles. The van der Waals surface area contributed by atoms with Crippen LogP contribution in [0.4, 0.5) is 0 Å². The summed E-state index contributed by atoms with van der Waals surface area (Å²) < 4.78 is 6.86. The van der Waals surface area contributed by atoms with Crippen LogP contribution in [0.3, 0.4) is 0 Å². The summed E-state index contributed by atoms with van der Waals surface area (Å²) in [6.07, 6.45) is 2.40. The number of tetrazole rings is 1. The summed E-state index contributed by atoms with van der Waals surface area (Å²) in [5, 5.41) is 14.9. The van der Waals surface area contributed by atoms with Crippen LogP contribution in [0.1, 0.15) is 40.0 Å². The molecule has 128 valence electrons. The van der Waals surface area contributed by atoms with Gasteiger partial charge in [0.15, 0.2) is 5.82 Å². The molecule has 0 bridgehead atoms. The maximum atomic E-state index is 12.7. The third-order valence-corrected chi connectivity index (χ3v) is 4.30. The lowest BCUT2D eigenvalue weighted by Crippen LogP contribution is -2.28. The minimum Gasteiger partial charge on any atom is -0.339 e. The molecule has 1 aliphatic heterocycles. The van der Waals surface area contributed by atoms with Gasteiger partial charge in [-0.05, 0) is 41.5 Å². The van der Waals surface area contributed by atoms with Gasteiger partial charge in [0.05, 0.1) is 12.5 Å². The topological polar surface area (TPSA) is 103 Å². The Morgan fingerprint density at radius 2 is 2.16 bits per heavy atom. The summed E-state index contributed by atoms with van der Waals surface area (Å²) in [6.45, 7) is 3.66. The highest BCUT2D eigenvalue weighted by Crippen LogP contribution is 2.27. The summed E-state index contributed by atoms with van der Waals surface area (Å²) in [7, 11) is 0. The number of nitrogens with zero attached hydrogens (tertiary/aromatic N) is 7. The Balaban J connectivity index is 1.41. The van der Waals surface area contributed by atoms with Gasteiger partial charge in [-0.2, -0.15) is 4.98 Å². The van der Waals surface area contributed by atoms with Crippen LogP contribution in [-0.2, 0) is 6.54 Å². The van der Waals surface area contributed by atoms with Gasteiger partial charge in [0.1, 0.15) is 6.33 Å². The van der Waals surface area contributed by atoms with Crippen molar-refractivity contribution in [3.63, 3.8) is 0 Å². The molecule has 1 aromatic carbocycles. The summed E-state index contributed by atoms with van der Waals surface area (Å²) >= 11 is 0. The zero-order valence-electron chi connectivity index (χ0n) is 13.7. The maximum absolute atomic E-state index is 12.7. The van der Waals surface area contributed by atoms with Crippen LogP contribution < -0.4 is 0 Å². The number of aromatic nitrogens is 6. The Labute approximate surface area is 143 Å². The Kier molecular flexibility index (Phi) is 3.96. The van der Waals surface area contributed by atoms with E-state index in [9.17, 15) is 4.79 Å². The van der Waals surface area contributed by atoms with Crippen LogP contribution in [0.5, 0.6) is 0 Å². The van der Waals surface area contributed by atoms with Crippen molar-refractivity contribution in [3.05, 3.63) is 53.4 Å². The monoisotopic (exact) mass is 339 g/mol. The van der Waals surface area contributed by atoms with Crippen molar-refractivity contribution in [3.8, 4) is 0 Å². The quantitative estimate of drug-likeness (QED) is 0.699. The third-order valence-electron chi connectivity index (χ3n) is 4.30. The molecule has 0 spiro atoms. The van der Waals surface area contributed by atoms with Crippen LogP contribution in [0.25, 0.3) is 0 Å². The highest BCUT2D eigenvalue weighted by atomic mass is 16.5. The molecular formula is C16H17N7O2. The largest absolute Gasteiger partial charge is 0.339 e. The van der Waals surface area contributed by atoms with Gasteiger partial charge >= 0.3 is 0 Å². The fourth-order valence-corrected chi connectivity index (χ4v) is 3.00. The molecule has 3 aromatic rings. The van der Waals surface area contributed by atoms with Crippen molar-refractivity contribution in [1.29, 1.82) is 0 Å². The highest BCUT2D eigenvalue weighted by Gasteiger charge is 2.31. The molecule has 0 N–H and O–H groups in total. The molecule has 9 nitrogen and oxygen atoms in total. The molecule has 0 unspecified atom stereocenters.